The normalized spacial score (nSPS) is 11.6. The smallest absolute Gasteiger partial charge is 0.321 e. The van der Waals surface area contributed by atoms with Gasteiger partial charge in [-0.2, -0.15) is 0 Å². The largest absolute Gasteiger partial charge is 0.380 e. The summed E-state index contributed by atoms with van der Waals surface area (Å²) >= 11 is 0. The lowest BCUT2D eigenvalue weighted by Crippen LogP contribution is -2.34. The van der Waals surface area contributed by atoms with Gasteiger partial charge in [0.05, 0.1) is 12.6 Å². The van der Waals surface area contributed by atoms with Crippen LogP contribution >= 0.6 is 0 Å². The van der Waals surface area contributed by atoms with Gasteiger partial charge in [-0.1, -0.05) is 24.3 Å². The van der Waals surface area contributed by atoms with Gasteiger partial charge in [0.2, 0.25) is 0 Å². The lowest BCUT2D eigenvalue weighted by Gasteiger charge is -2.20. The Labute approximate surface area is 166 Å². The van der Waals surface area contributed by atoms with Crippen LogP contribution in [-0.4, -0.2) is 37.0 Å². The van der Waals surface area contributed by atoms with E-state index in [0.29, 0.717) is 25.3 Å². The molecule has 1 atom stereocenters. The molecule has 0 aliphatic rings. The van der Waals surface area contributed by atoms with Crippen LogP contribution in [0.15, 0.2) is 48.5 Å². The second-order valence-corrected chi connectivity index (χ2v) is 6.55. The van der Waals surface area contributed by atoms with E-state index in [2.05, 4.69) is 10.6 Å². The monoisotopic (exact) mass is 383 g/mol. The summed E-state index contributed by atoms with van der Waals surface area (Å²) in [6.07, 6.45) is 0. The van der Waals surface area contributed by atoms with Gasteiger partial charge in [-0.3, -0.25) is 4.79 Å². The second-order valence-electron chi connectivity index (χ2n) is 6.55. The van der Waals surface area contributed by atoms with Gasteiger partial charge in [0.25, 0.3) is 5.91 Å². The van der Waals surface area contributed by atoms with E-state index in [9.17, 15) is 9.59 Å². The summed E-state index contributed by atoms with van der Waals surface area (Å²) in [5.41, 5.74) is 3.24. The highest BCUT2D eigenvalue weighted by atomic mass is 16.5. The molecule has 2 aromatic carbocycles. The Bertz CT molecular complexity index is 786. The van der Waals surface area contributed by atoms with E-state index in [-0.39, 0.29) is 18.0 Å². The number of carbonyl (C=O) groups is 2. The summed E-state index contributed by atoms with van der Waals surface area (Å²) in [7, 11) is 1.63. The third-order valence-electron chi connectivity index (χ3n) is 4.56. The molecule has 0 fully saturated rings. The molecule has 0 aliphatic heterocycles. The van der Waals surface area contributed by atoms with Gasteiger partial charge in [0.1, 0.15) is 0 Å². The van der Waals surface area contributed by atoms with Crippen LogP contribution < -0.4 is 10.6 Å². The Kier molecular flexibility index (Phi) is 8.02. The minimum Gasteiger partial charge on any atom is -0.380 e. The standard InChI is InChI=1S/C22H29N3O3/c1-5-25(6-2)22(27)24-20-12-10-18(11-13-20)16(3)23-21(26)19-9-7-8-17(14-19)15-28-4/h7-14,16H,5-6,15H2,1-4H3,(H,23,26)(H,24,27)/t16-/m0/s1. The Hall–Kier alpha value is -2.86. The average Bonchev–Trinajstić information content (AvgIpc) is 2.70. The van der Waals surface area contributed by atoms with Gasteiger partial charge in [-0.25, -0.2) is 4.79 Å². The van der Waals surface area contributed by atoms with Crippen molar-refractivity contribution in [3.05, 3.63) is 65.2 Å². The molecular weight excluding hydrogens is 354 g/mol. The second kappa shape index (κ2) is 10.5. The molecule has 0 bridgehead atoms. The average molecular weight is 383 g/mol. The minimum absolute atomic E-state index is 0.116. The zero-order valence-corrected chi connectivity index (χ0v) is 17.0. The van der Waals surface area contributed by atoms with Crippen LogP contribution in [0.5, 0.6) is 0 Å². The highest BCUT2D eigenvalue weighted by Gasteiger charge is 2.13. The Morgan fingerprint density at radius 3 is 2.36 bits per heavy atom. The number of nitrogens with one attached hydrogen (secondary N) is 2. The summed E-state index contributed by atoms with van der Waals surface area (Å²) in [6, 6.07) is 14.6. The first-order valence-electron chi connectivity index (χ1n) is 9.53. The molecule has 0 aliphatic carbocycles. The molecule has 0 aromatic heterocycles. The van der Waals surface area contributed by atoms with Crippen molar-refractivity contribution >= 4 is 17.6 Å². The van der Waals surface area contributed by atoms with Gasteiger partial charge >= 0.3 is 6.03 Å². The van der Waals surface area contributed by atoms with Gasteiger partial charge < -0.3 is 20.3 Å². The molecule has 0 heterocycles. The highest BCUT2D eigenvalue weighted by Crippen LogP contribution is 2.17. The molecular formula is C22H29N3O3. The van der Waals surface area contributed by atoms with Crippen molar-refractivity contribution in [2.24, 2.45) is 0 Å². The number of anilines is 1. The first kappa shape index (κ1) is 21.4. The molecule has 0 saturated heterocycles. The van der Waals surface area contributed by atoms with E-state index < -0.39 is 0 Å². The van der Waals surface area contributed by atoms with Gasteiger partial charge in [0.15, 0.2) is 0 Å². The van der Waals surface area contributed by atoms with Crippen LogP contribution in [0.4, 0.5) is 10.5 Å². The molecule has 6 nitrogen and oxygen atoms in total. The fourth-order valence-corrected chi connectivity index (χ4v) is 2.90. The first-order chi connectivity index (χ1) is 13.5. The van der Waals surface area contributed by atoms with Crippen molar-refractivity contribution < 1.29 is 14.3 Å². The molecule has 2 N–H and O–H groups in total. The van der Waals surface area contributed by atoms with E-state index in [1.165, 1.54) is 0 Å². The summed E-state index contributed by atoms with van der Waals surface area (Å²) in [6.45, 7) is 7.62. The van der Waals surface area contributed by atoms with Crippen LogP contribution in [0.25, 0.3) is 0 Å². The third kappa shape index (κ3) is 5.82. The summed E-state index contributed by atoms with van der Waals surface area (Å²) < 4.78 is 5.12. The molecule has 0 radical (unpaired) electrons. The summed E-state index contributed by atoms with van der Waals surface area (Å²) in [5.74, 6) is -0.135. The highest BCUT2D eigenvalue weighted by molar-refractivity contribution is 5.94. The third-order valence-corrected chi connectivity index (χ3v) is 4.56. The van der Waals surface area contributed by atoms with Crippen molar-refractivity contribution in [3.8, 4) is 0 Å². The maximum Gasteiger partial charge on any atom is 0.321 e. The molecule has 0 spiro atoms. The van der Waals surface area contributed by atoms with E-state index in [4.69, 9.17) is 4.74 Å². The Morgan fingerprint density at radius 2 is 1.75 bits per heavy atom. The van der Waals surface area contributed by atoms with E-state index in [0.717, 1.165) is 16.8 Å². The number of ether oxygens (including phenoxy) is 1. The number of hydrogen-bond acceptors (Lipinski definition) is 3. The van der Waals surface area contributed by atoms with Gasteiger partial charge in [-0.15, -0.1) is 0 Å². The zero-order chi connectivity index (χ0) is 20.5. The molecule has 3 amide bonds. The fraction of sp³-hybridized carbons (Fsp3) is 0.364. The zero-order valence-electron chi connectivity index (χ0n) is 17.0. The Balaban J connectivity index is 1.99. The number of hydrogen-bond donors (Lipinski definition) is 2. The summed E-state index contributed by atoms with van der Waals surface area (Å²) in [5, 5.41) is 5.89. The topological polar surface area (TPSA) is 70.7 Å². The molecule has 28 heavy (non-hydrogen) atoms. The molecule has 2 aromatic rings. The van der Waals surface area contributed by atoms with Crippen LogP contribution in [0.2, 0.25) is 0 Å². The van der Waals surface area contributed by atoms with Crippen molar-refractivity contribution in [2.45, 2.75) is 33.4 Å². The number of carbonyl (C=O) groups excluding carboxylic acids is 2. The van der Waals surface area contributed by atoms with E-state index in [1.807, 2.05) is 63.2 Å². The van der Waals surface area contributed by atoms with Gasteiger partial charge in [-0.05, 0) is 56.2 Å². The number of rotatable bonds is 8. The lowest BCUT2D eigenvalue weighted by molar-refractivity contribution is 0.0939. The van der Waals surface area contributed by atoms with Crippen molar-refractivity contribution in [3.63, 3.8) is 0 Å². The molecule has 150 valence electrons. The number of amides is 3. The molecule has 6 heteroatoms. The fourth-order valence-electron chi connectivity index (χ4n) is 2.90. The van der Waals surface area contributed by atoms with E-state index >= 15 is 0 Å². The first-order valence-corrected chi connectivity index (χ1v) is 9.53. The van der Waals surface area contributed by atoms with Crippen molar-refractivity contribution in [1.82, 2.24) is 10.2 Å². The molecule has 0 unspecified atom stereocenters. The number of urea groups is 1. The SMILES string of the molecule is CCN(CC)C(=O)Nc1ccc([C@H](C)NC(=O)c2cccc(COC)c2)cc1. The van der Waals surface area contributed by atoms with E-state index in [1.54, 1.807) is 18.1 Å². The predicted octanol–water partition coefficient (Wildman–Crippen LogP) is 4.20. The maximum absolute atomic E-state index is 12.5. The van der Waals surface area contributed by atoms with Gasteiger partial charge in [0, 0.05) is 31.5 Å². The number of benzene rings is 2. The van der Waals surface area contributed by atoms with Crippen LogP contribution in [0.3, 0.4) is 0 Å². The maximum atomic E-state index is 12.5. The van der Waals surface area contributed by atoms with Crippen molar-refractivity contribution in [2.75, 3.05) is 25.5 Å². The number of nitrogens with zero attached hydrogens (tertiary/aromatic N) is 1. The summed E-state index contributed by atoms with van der Waals surface area (Å²) in [4.78, 5) is 26.4. The molecule has 0 saturated carbocycles. The van der Waals surface area contributed by atoms with Crippen LogP contribution in [0, 0.1) is 0 Å². The minimum atomic E-state index is -0.161. The van der Waals surface area contributed by atoms with Crippen LogP contribution in [-0.2, 0) is 11.3 Å². The predicted molar refractivity (Wildman–Crippen MR) is 111 cm³/mol. The quantitative estimate of drug-likeness (QED) is 0.718. The Morgan fingerprint density at radius 1 is 1.07 bits per heavy atom. The van der Waals surface area contributed by atoms with Crippen LogP contribution in [0.1, 0.15) is 48.3 Å². The lowest BCUT2D eigenvalue weighted by atomic mass is 10.1. The molecule has 2 rings (SSSR count). The van der Waals surface area contributed by atoms with Crippen molar-refractivity contribution in [1.29, 1.82) is 0 Å². The number of methoxy groups -OCH3 is 1.